The number of carbonyl (C=O) groups excluding carboxylic acids is 1. The summed E-state index contributed by atoms with van der Waals surface area (Å²) in [6, 6.07) is 13.5. The molecule has 36 heavy (non-hydrogen) atoms. The molecule has 3 aromatic rings. The van der Waals surface area contributed by atoms with Crippen LogP contribution < -0.4 is 15.5 Å². The third-order valence-electron chi connectivity index (χ3n) is 5.62. The lowest BCUT2D eigenvalue weighted by molar-refractivity contribution is 0.0525. The number of nitrogens with one attached hydrogen (secondary N) is 2. The first kappa shape index (κ1) is 27.2. The molecule has 3 N–H and O–H groups in total. The molecule has 9 nitrogen and oxygen atoms in total. The molecule has 1 aliphatic rings. The third kappa shape index (κ3) is 7.32. The summed E-state index contributed by atoms with van der Waals surface area (Å²) in [5.74, 6) is 1.34. The van der Waals surface area contributed by atoms with Gasteiger partial charge in [-0.15, -0.1) is 0 Å². The number of carbonyl (C=O) groups is 1. The summed E-state index contributed by atoms with van der Waals surface area (Å²) in [6.45, 7) is 6.93. The van der Waals surface area contributed by atoms with Crippen LogP contribution in [-0.4, -0.2) is 50.9 Å². The Hall–Kier alpha value is -3.37. The number of rotatable bonds is 7. The van der Waals surface area contributed by atoms with Gasteiger partial charge in [-0.05, 0) is 69.5 Å². The highest BCUT2D eigenvalue weighted by molar-refractivity contribution is 7.59. The first-order chi connectivity index (χ1) is 16.8. The summed E-state index contributed by atoms with van der Waals surface area (Å²) < 4.78 is 5.35. The molecule has 1 aliphatic heterocycles. The van der Waals surface area contributed by atoms with Gasteiger partial charge in [0.2, 0.25) is 5.95 Å². The van der Waals surface area contributed by atoms with Crippen LogP contribution in [0.25, 0.3) is 11.3 Å². The second-order valence-electron chi connectivity index (χ2n) is 9.53. The molecule has 1 aromatic carbocycles. The van der Waals surface area contributed by atoms with E-state index in [1.54, 1.807) is 6.20 Å². The second-order valence-corrected chi connectivity index (χ2v) is 9.53. The lowest BCUT2D eigenvalue weighted by Crippen LogP contribution is -2.42. The number of nitrogens with zero attached hydrogens (tertiary/aromatic N) is 4. The van der Waals surface area contributed by atoms with E-state index in [0.29, 0.717) is 12.5 Å². The Kier molecular flexibility index (Phi) is 9.11. The maximum Gasteiger partial charge on any atom is 0.407 e. The number of amides is 1. The highest BCUT2D eigenvalue weighted by Crippen LogP contribution is 2.26. The summed E-state index contributed by atoms with van der Waals surface area (Å²) >= 11 is 0. The minimum Gasteiger partial charge on any atom is -0.444 e. The molecule has 0 bridgehead atoms. The Labute approximate surface area is 218 Å². The number of anilines is 3. The van der Waals surface area contributed by atoms with Crippen LogP contribution >= 0.6 is 13.5 Å². The summed E-state index contributed by atoms with van der Waals surface area (Å²) in [6.07, 6.45) is 5.14. The van der Waals surface area contributed by atoms with Gasteiger partial charge in [-0.2, -0.15) is 13.5 Å². The van der Waals surface area contributed by atoms with Crippen LogP contribution in [0.3, 0.4) is 0 Å². The topological polar surface area (TPSA) is 112 Å². The monoisotopic (exact) mass is 510 g/mol. The van der Waals surface area contributed by atoms with Gasteiger partial charge in [0.25, 0.3) is 0 Å². The number of benzene rings is 1. The van der Waals surface area contributed by atoms with Crippen LogP contribution in [0.5, 0.6) is 0 Å². The quantitative estimate of drug-likeness (QED) is 0.429. The van der Waals surface area contributed by atoms with Gasteiger partial charge < -0.3 is 25.4 Å². The Balaban J connectivity index is 0.00000361. The van der Waals surface area contributed by atoms with Crippen molar-refractivity contribution < 1.29 is 14.6 Å². The standard InChI is InChI=1S/C26H32N6O3.H2S/c1-26(2,3)35-25(34)29-16-21-8-5-13-32(21)23-10-9-19(15-28-23)22-11-12-27-24(31-22)30-20-7-4-6-18(14-20)17-33;/h4,6-7,9-12,14-15,21,33H,5,8,13,16-17H2,1-3H3,(H,29,34)(H,27,30,31);1H2. The van der Waals surface area contributed by atoms with Gasteiger partial charge in [-0.1, -0.05) is 12.1 Å². The van der Waals surface area contributed by atoms with Crippen molar-refractivity contribution in [2.45, 2.75) is 51.9 Å². The fourth-order valence-electron chi connectivity index (χ4n) is 4.03. The summed E-state index contributed by atoms with van der Waals surface area (Å²) in [5, 5.41) is 15.4. The van der Waals surface area contributed by atoms with E-state index in [4.69, 9.17) is 4.74 Å². The predicted molar refractivity (Wildman–Crippen MR) is 146 cm³/mol. The van der Waals surface area contributed by atoms with Crippen molar-refractivity contribution >= 4 is 37.0 Å². The van der Waals surface area contributed by atoms with Crippen LogP contribution in [0.4, 0.5) is 22.2 Å². The van der Waals surface area contributed by atoms with Crippen molar-refractivity contribution in [1.29, 1.82) is 0 Å². The molecule has 0 spiro atoms. The molecule has 10 heteroatoms. The lowest BCUT2D eigenvalue weighted by atomic mass is 10.2. The number of aliphatic hydroxyl groups is 1. The van der Waals surface area contributed by atoms with E-state index < -0.39 is 11.7 Å². The fraction of sp³-hybridized carbons (Fsp3) is 0.385. The Morgan fingerprint density at radius 3 is 2.75 bits per heavy atom. The van der Waals surface area contributed by atoms with E-state index in [1.165, 1.54) is 0 Å². The Morgan fingerprint density at radius 1 is 1.19 bits per heavy atom. The summed E-state index contributed by atoms with van der Waals surface area (Å²) in [4.78, 5) is 27.9. The first-order valence-corrected chi connectivity index (χ1v) is 11.8. The van der Waals surface area contributed by atoms with Crippen LogP contribution in [0, 0.1) is 0 Å². The predicted octanol–water partition coefficient (Wildman–Crippen LogP) is 4.38. The highest BCUT2D eigenvalue weighted by atomic mass is 32.1. The molecule has 192 valence electrons. The van der Waals surface area contributed by atoms with Crippen molar-refractivity contribution in [2.75, 3.05) is 23.3 Å². The summed E-state index contributed by atoms with van der Waals surface area (Å²) in [7, 11) is 0. The van der Waals surface area contributed by atoms with Crippen molar-refractivity contribution in [3.05, 3.63) is 60.4 Å². The first-order valence-electron chi connectivity index (χ1n) is 11.8. The maximum absolute atomic E-state index is 12.0. The van der Waals surface area contributed by atoms with E-state index in [1.807, 2.05) is 69.4 Å². The number of alkyl carbamates (subject to hydrolysis) is 1. The SMILES string of the molecule is CC(C)(C)OC(=O)NCC1CCCN1c1ccc(-c2ccnc(Nc3cccc(CO)c3)n2)cn1.S. The van der Waals surface area contributed by atoms with Crippen LogP contribution in [0.15, 0.2) is 54.9 Å². The zero-order chi connectivity index (χ0) is 24.8. The number of ether oxygens (including phenoxy) is 1. The molecule has 0 saturated carbocycles. The largest absolute Gasteiger partial charge is 0.444 e. The maximum atomic E-state index is 12.0. The number of hydrogen-bond donors (Lipinski definition) is 3. The van der Waals surface area contributed by atoms with Gasteiger partial charge in [-0.3, -0.25) is 0 Å². The molecule has 0 aliphatic carbocycles. The van der Waals surface area contributed by atoms with Crippen LogP contribution in [-0.2, 0) is 11.3 Å². The van der Waals surface area contributed by atoms with Crippen molar-refractivity contribution in [3.8, 4) is 11.3 Å². The van der Waals surface area contributed by atoms with Crippen molar-refractivity contribution in [3.63, 3.8) is 0 Å². The molecular formula is C26H34N6O3S. The van der Waals surface area contributed by atoms with Crippen molar-refractivity contribution in [1.82, 2.24) is 20.3 Å². The van der Waals surface area contributed by atoms with Gasteiger partial charge >= 0.3 is 6.09 Å². The lowest BCUT2D eigenvalue weighted by Gasteiger charge is -2.27. The van der Waals surface area contributed by atoms with E-state index in [-0.39, 0.29) is 26.1 Å². The highest BCUT2D eigenvalue weighted by Gasteiger charge is 2.27. The minimum absolute atomic E-state index is 0. The molecule has 1 unspecified atom stereocenters. The third-order valence-corrected chi connectivity index (χ3v) is 5.62. The zero-order valence-corrected chi connectivity index (χ0v) is 21.9. The average Bonchev–Trinajstić information content (AvgIpc) is 3.31. The van der Waals surface area contributed by atoms with Gasteiger partial charge in [0.15, 0.2) is 0 Å². The molecule has 0 radical (unpaired) electrons. The van der Waals surface area contributed by atoms with Crippen LogP contribution in [0.1, 0.15) is 39.2 Å². The molecule has 1 atom stereocenters. The van der Waals surface area contributed by atoms with Crippen LogP contribution in [0.2, 0.25) is 0 Å². The molecule has 1 amide bonds. The summed E-state index contributed by atoms with van der Waals surface area (Å²) in [5.41, 5.74) is 2.74. The minimum atomic E-state index is -0.517. The smallest absolute Gasteiger partial charge is 0.407 e. The number of pyridine rings is 1. The van der Waals surface area contributed by atoms with Crippen molar-refractivity contribution in [2.24, 2.45) is 0 Å². The van der Waals surface area contributed by atoms with E-state index in [9.17, 15) is 9.90 Å². The molecule has 4 rings (SSSR count). The molecule has 2 aromatic heterocycles. The van der Waals surface area contributed by atoms with Gasteiger partial charge in [0, 0.05) is 42.8 Å². The average molecular weight is 511 g/mol. The number of aliphatic hydroxyl groups excluding tert-OH is 1. The molecule has 3 heterocycles. The van der Waals surface area contributed by atoms with E-state index in [2.05, 4.69) is 30.5 Å². The van der Waals surface area contributed by atoms with Gasteiger partial charge in [0.05, 0.1) is 12.3 Å². The zero-order valence-electron chi connectivity index (χ0n) is 20.9. The molecular weight excluding hydrogens is 476 g/mol. The number of hydrogen-bond acceptors (Lipinski definition) is 8. The molecule has 1 fully saturated rings. The fourth-order valence-corrected chi connectivity index (χ4v) is 4.03. The van der Waals surface area contributed by atoms with E-state index in [0.717, 1.165) is 47.7 Å². The van der Waals surface area contributed by atoms with Gasteiger partial charge in [-0.25, -0.2) is 19.7 Å². The second kappa shape index (κ2) is 12.0. The normalized spacial score (nSPS) is 15.2. The number of aromatic nitrogens is 3. The molecule has 1 saturated heterocycles. The van der Waals surface area contributed by atoms with Gasteiger partial charge in [0.1, 0.15) is 11.4 Å². The van der Waals surface area contributed by atoms with E-state index >= 15 is 0 Å². The Morgan fingerprint density at radius 2 is 2.03 bits per heavy atom. The Bertz CT molecular complexity index is 1150.